The molecule has 0 fully saturated rings. The Kier molecular flexibility index (Phi) is 39.4. The second-order valence-electron chi connectivity index (χ2n) is 14.7. The summed E-state index contributed by atoms with van der Waals surface area (Å²) in [5.41, 5.74) is 0. The molecule has 0 saturated heterocycles. The third-order valence-corrected chi connectivity index (χ3v) is 9.79. The third kappa shape index (κ3) is 37.7. The average Bonchev–Trinajstić information content (AvgIpc) is 3.08. The minimum absolute atomic E-state index is 0.00853. The van der Waals surface area contributed by atoms with Crippen LogP contribution in [0.4, 0.5) is 0 Å². The van der Waals surface area contributed by atoms with Crippen LogP contribution in [0.25, 0.3) is 0 Å². The second-order valence-corrected chi connectivity index (χ2v) is 14.7. The van der Waals surface area contributed by atoms with E-state index in [1.807, 2.05) is 0 Å². The predicted octanol–water partition coefficient (Wildman–Crippen LogP) is 13.4. The minimum Gasteiger partial charge on any atom is -0.466 e. The first-order valence-corrected chi connectivity index (χ1v) is 21.7. The lowest BCUT2D eigenvalue weighted by Gasteiger charge is -2.18. The summed E-state index contributed by atoms with van der Waals surface area (Å²) in [6.45, 7) is 9.57. The highest BCUT2D eigenvalue weighted by Crippen LogP contribution is 2.18. The molecule has 0 rings (SSSR count). The summed E-state index contributed by atoms with van der Waals surface area (Å²) >= 11 is 0. The van der Waals surface area contributed by atoms with Crippen molar-refractivity contribution >= 4 is 11.9 Å². The van der Waals surface area contributed by atoms with Crippen LogP contribution in [0.5, 0.6) is 0 Å². The Balaban J connectivity index is 3.62. The van der Waals surface area contributed by atoms with Gasteiger partial charge in [-0.1, -0.05) is 168 Å². The zero-order chi connectivity index (χ0) is 35.0. The van der Waals surface area contributed by atoms with Gasteiger partial charge >= 0.3 is 11.9 Å². The monoisotopic (exact) mass is 680 g/mol. The fourth-order valence-corrected chi connectivity index (χ4v) is 6.53. The molecule has 0 spiro atoms. The minimum atomic E-state index is -0.00853. The number of ether oxygens (including phenoxy) is 2. The van der Waals surface area contributed by atoms with Gasteiger partial charge in [-0.15, -0.1) is 0 Å². The van der Waals surface area contributed by atoms with Gasteiger partial charge in [-0.05, 0) is 70.9 Å². The quantitative estimate of drug-likeness (QED) is 0.0516. The van der Waals surface area contributed by atoms with E-state index in [0.717, 1.165) is 58.0 Å². The number of nitrogens with one attached hydrogen (secondary N) is 1. The van der Waals surface area contributed by atoms with Gasteiger partial charge in [-0.25, -0.2) is 0 Å². The van der Waals surface area contributed by atoms with E-state index in [2.05, 4.69) is 26.1 Å². The lowest BCUT2D eigenvalue weighted by atomic mass is 10.0. The molecule has 0 aromatic heterocycles. The average molecular weight is 680 g/mol. The van der Waals surface area contributed by atoms with Gasteiger partial charge in [0.1, 0.15) is 6.10 Å². The largest absolute Gasteiger partial charge is 0.466 e. The molecule has 0 aromatic rings. The Labute approximate surface area is 300 Å². The van der Waals surface area contributed by atoms with Crippen LogP contribution in [0.3, 0.4) is 0 Å². The number of hydrogen-bond donors (Lipinski definition) is 1. The van der Waals surface area contributed by atoms with Crippen molar-refractivity contribution in [2.75, 3.05) is 19.7 Å². The van der Waals surface area contributed by atoms with E-state index in [9.17, 15) is 9.59 Å². The van der Waals surface area contributed by atoms with Gasteiger partial charge in [0.05, 0.1) is 6.61 Å². The van der Waals surface area contributed by atoms with Gasteiger partial charge in [-0.3, -0.25) is 9.59 Å². The van der Waals surface area contributed by atoms with Crippen LogP contribution < -0.4 is 5.32 Å². The molecular formula is C43H85NO4. The molecule has 0 saturated carbocycles. The van der Waals surface area contributed by atoms with Gasteiger partial charge < -0.3 is 14.8 Å². The van der Waals surface area contributed by atoms with Crippen molar-refractivity contribution in [2.24, 2.45) is 0 Å². The summed E-state index contributed by atoms with van der Waals surface area (Å²) < 4.78 is 11.4. The summed E-state index contributed by atoms with van der Waals surface area (Å²) in [6, 6.07) is 0. The molecule has 5 heteroatoms. The Bertz CT molecular complexity index is 639. The number of rotatable bonds is 40. The molecule has 0 amide bonds. The number of carbonyl (C=O) groups excluding carboxylic acids is 2. The van der Waals surface area contributed by atoms with Crippen LogP contribution in [0.1, 0.15) is 239 Å². The number of carbonyl (C=O) groups is 2. The van der Waals surface area contributed by atoms with E-state index < -0.39 is 0 Å². The molecule has 286 valence electrons. The van der Waals surface area contributed by atoms with E-state index in [4.69, 9.17) is 9.47 Å². The van der Waals surface area contributed by atoms with Crippen LogP contribution in [0.15, 0.2) is 0 Å². The molecule has 5 nitrogen and oxygen atoms in total. The summed E-state index contributed by atoms with van der Waals surface area (Å²) in [5, 5.41) is 3.59. The third-order valence-electron chi connectivity index (χ3n) is 9.79. The second kappa shape index (κ2) is 40.3. The van der Waals surface area contributed by atoms with Gasteiger partial charge in [0.25, 0.3) is 0 Å². The van der Waals surface area contributed by atoms with Crippen LogP contribution >= 0.6 is 0 Å². The van der Waals surface area contributed by atoms with Gasteiger partial charge in [0, 0.05) is 12.8 Å². The standard InChI is InChI=1S/C43H85NO4/c1-4-7-10-13-16-17-26-33-40-47-42(45)36-29-22-18-24-31-38-44-39-32-25-19-23-30-37-43(46)48-41(34-27-20-14-11-8-5-2)35-28-21-15-12-9-6-3/h41,44H,4-40H2,1-3H3. The van der Waals surface area contributed by atoms with Crippen LogP contribution in [0.2, 0.25) is 0 Å². The Morgan fingerprint density at radius 1 is 0.417 bits per heavy atom. The molecule has 48 heavy (non-hydrogen) atoms. The van der Waals surface area contributed by atoms with Crippen molar-refractivity contribution in [1.82, 2.24) is 5.32 Å². The van der Waals surface area contributed by atoms with Crippen molar-refractivity contribution in [1.29, 1.82) is 0 Å². The molecule has 0 bridgehead atoms. The van der Waals surface area contributed by atoms with Crippen molar-refractivity contribution in [2.45, 2.75) is 245 Å². The van der Waals surface area contributed by atoms with Crippen molar-refractivity contribution in [3.8, 4) is 0 Å². The van der Waals surface area contributed by atoms with E-state index >= 15 is 0 Å². The zero-order valence-electron chi connectivity index (χ0n) is 32.9. The zero-order valence-corrected chi connectivity index (χ0v) is 32.9. The van der Waals surface area contributed by atoms with Crippen molar-refractivity contribution in [3.63, 3.8) is 0 Å². The SMILES string of the molecule is CCCCCCCCCCOC(=O)CCCCCCCNCCCCCCCC(=O)OC(CCCCCCCC)CCCCCCCC. The molecule has 0 aliphatic carbocycles. The van der Waals surface area contributed by atoms with Crippen LogP contribution in [-0.2, 0) is 19.1 Å². The molecule has 0 aromatic carbocycles. The predicted molar refractivity (Wildman–Crippen MR) is 208 cm³/mol. The summed E-state index contributed by atoms with van der Waals surface area (Å²) in [7, 11) is 0. The lowest BCUT2D eigenvalue weighted by molar-refractivity contribution is -0.150. The number of hydrogen-bond acceptors (Lipinski definition) is 5. The molecule has 0 radical (unpaired) electrons. The molecular weight excluding hydrogens is 594 g/mol. The molecule has 1 N–H and O–H groups in total. The van der Waals surface area contributed by atoms with E-state index in [1.165, 1.54) is 161 Å². The maximum absolute atomic E-state index is 12.6. The highest BCUT2D eigenvalue weighted by molar-refractivity contribution is 5.69. The van der Waals surface area contributed by atoms with E-state index in [-0.39, 0.29) is 18.0 Å². The molecule has 0 atom stereocenters. The highest BCUT2D eigenvalue weighted by atomic mass is 16.5. The lowest BCUT2D eigenvalue weighted by Crippen LogP contribution is -2.18. The molecule has 0 aliphatic heterocycles. The molecule has 0 aliphatic rings. The van der Waals surface area contributed by atoms with Crippen LogP contribution in [-0.4, -0.2) is 37.7 Å². The van der Waals surface area contributed by atoms with Gasteiger partial charge in [0.2, 0.25) is 0 Å². The first-order chi connectivity index (χ1) is 23.6. The number of unbranched alkanes of at least 4 members (excludes halogenated alkanes) is 25. The topological polar surface area (TPSA) is 64.6 Å². The number of esters is 2. The van der Waals surface area contributed by atoms with Crippen molar-refractivity contribution in [3.05, 3.63) is 0 Å². The summed E-state index contributed by atoms with van der Waals surface area (Å²) in [6.07, 6.45) is 40.6. The first kappa shape index (κ1) is 46.9. The Hall–Kier alpha value is -1.10. The normalized spacial score (nSPS) is 11.4. The fourth-order valence-electron chi connectivity index (χ4n) is 6.53. The summed E-state index contributed by atoms with van der Waals surface area (Å²) in [5.74, 6) is 0.0263. The Morgan fingerprint density at radius 3 is 1.23 bits per heavy atom. The van der Waals surface area contributed by atoms with E-state index in [0.29, 0.717) is 19.4 Å². The van der Waals surface area contributed by atoms with E-state index in [1.54, 1.807) is 0 Å². The Morgan fingerprint density at radius 2 is 0.771 bits per heavy atom. The smallest absolute Gasteiger partial charge is 0.306 e. The van der Waals surface area contributed by atoms with Crippen LogP contribution in [0, 0.1) is 0 Å². The van der Waals surface area contributed by atoms with Gasteiger partial charge in [0.15, 0.2) is 0 Å². The maximum atomic E-state index is 12.6. The molecule has 0 heterocycles. The summed E-state index contributed by atoms with van der Waals surface area (Å²) in [4.78, 5) is 24.5. The van der Waals surface area contributed by atoms with Crippen molar-refractivity contribution < 1.29 is 19.1 Å². The maximum Gasteiger partial charge on any atom is 0.306 e. The first-order valence-electron chi connectivity index (χ1n) is 21.7. The highest BCUT2D eigenvalue weighted by Gasteiger charge is 2.14. The fraction of sp³-hybridized carbons (Fsp3) is 0.953. The molecule has 0 unspecified atom stereocenters. The van der Waals surface area contributed by atoms with Gasteiger partial charge in [-0.2, -0.15) is 0 Å².